The van der Waals surface area contributed by atoms with Crippen LogP contribution in [-0.2, 0) is 36.2 Å². The van der Waals surface area contributed by atoms with Crippen molar-refractivity contribution in [3.63, 3.8) is 0 Å². The first-order valence-corrected chi connectivity index (χ1v) is 3.97. The normalized spacial score (nSPS) is 7.20. The van der Waals surface area contributed by atoms with Crippen molar-refractivity contribution >= 4 is 23.1 Å². The van der Waals surface area contributed by atoms with Gasteiger partial charge >= 0.3 is 17.1 Å². The predicted octanol–water partition coefficient (Wildman–Crippen LogP) is 0.735. The molecule has 5 heteroatoms. The quantitative estimate of drug-likeness (QED) is 0.421. The largest absolute Gasteiger partial charge is 2.00 e. The molecule has 0 N–H and O–H groups in total. The van der Waals surface area contributed by atoms with E-state index in [2.05, 4.69) is 0 Å². The minimum absolute atomic E-state index is 0. The van der Waals surface area contributed by atoms with Crippen molar-refractivity contribution in [1.29, 1.82) is 0 Å². The zero-order chi connectivity index (χ0) is 11.7. The van der Waals surface area contributed by atoms with E-state index in [1.54, 1.807) is 0 Å². The van der Waals surface area contributed by atoms with E-state index in [1.807, 2.05) is 0 Å². The molecule has 0 saturated heterocycles. The van der Waals surface area contributed by atoms with Gasteiger partial charge in [0, 0.05) is 23.1 Å². The molecular formula is C10H14FeO4. The molecule has 0 atom stereocenters. The topological polar surface area (TPSA) is 68.3 Å². The van der Waals surface area contributed by atoms with Crippen molar-refractivity contribution in [2.45, 2.75) is 27.7 Å². The van der Waals surface area contributed by atoms with Gasteiger partial charge in [0.25, 0.3) is 0 Å². The van der Waals surface area contributed by atoms with Gasteiger partial charge in [-0.15, -0.1) is 0 Å². The summed E-state index contributed by atoms with van der Waals surface area (Å²) in [5, 5.41) is 0. The van der Waals surface area contributed by atoms with Gasteiger partial charge in [0.1, 0.15) is 0 Å². The number of hydrogen-bond donors (Lipinski definition) is 0. The molecule has 0 amide bonds. The molecule has 0 aliphatic rings. The zero-order valence-corrected chi connectivity index (χ0v) is 10.2. The van der Waals surface area contributed by atoms with Gasteiger partial charge in [-0.1, -0.05) is 0 Å². The average molecular weight is 254 g/mol. The first kappa shape index (κ1) is 19.5. The van der Waals surface area contributed by atoms with E-state index in [0.717, 1.165) is 12.8 Å². The van der Waals surface area contributed by atoms with Crippen molar-refractivity contribution in [1.82, 2.24) is 0 Å². The molecular weight excluding hydrogens is 240 g/mol. The van der Waals surface area contributed by atoms with Crippen LogP contribution in [0.3, 0.4) is 0 Å². The van der Waals surface area contributed by atoms with Gasteiger partial charge in [-0.25, -0.2) is 0 Å². The van der Waals surface area contributed by atoms with Gasteiger partial charge < -0.3 is 19.2 Å². The Balaban J connectivity index is -0.000000180. The molecule has 0 saturated carbocycles. The third-order valence-corrected chi connectivity index (χ3v) is 0.813. The molecule has 15 heavy (non-hydrogen) atoms. The zero-order valence-electron chi connectivity index (χ0n) is 9.14. The predicted molar refractivity (Wildman–Crippen MR) is 51.3 cm³/mol. The molecule has 0 fully saturated rings. The van der Waals surface area contributed by atoms with Gasteiger partial charge in [-0.05, 0) is 27.7 Å². The summed E-state index contributed by atoms with van der Waals surface area (Å²) in [6, 6.07) is 0. The Morgan fingerprint density at radius 1 is 0.600 bits per heavy atom. The number of Topliss-reactive ketones (excluding diaryl/α,β-unsaturated/α-hetero) is 4. The van der Waals surface area contributed by atoms with Crippen LogP contribution in [0.25, 0.3) is 0 Å². The van der Waals surface area contributed by atoms with Gasteiger partial charge in [0.05, 0.1) is 0 Å². The number of carbonyl (C=O) groups is 4. The number of hydrogen-bond acceptors (Lipinski definition) is 4. The molecule has 0 heterocycles. The van der Waals surface area contributed by atoms with Crippen LogP contribution in [0.4, 0.5) is 0 Å². The van der Waals surface area contributed by atoms with E-state index in [9.17, 15) is 19.2 Å². The minimum Gasteiger partial charge on any atom is -0.334 e. The van der Waals surface area contributed by atoms with Crippen LogP contribution >= 0.6 is 0 Å². The second-order valence-electron chi connectivity index (χ2n) is 2.73. The summed E-state index contributed by atoms with van der Waals surface area (Å²) in [5.74, 6) is -0.750. The molecule has 0 rings (SSSR count). The fourth-order valence-electron chi connectivity index (χ4n) is 0.572. The van der Waals surface area contributed by atoms with Crippen molar-refractivity contribution in [2.75, 3.05) is 0 Å². The van der Waals surface area contributed by atoms with Gasteiger partial charge in [-0.2, -0.15) is 0 Å². The maximum absolute atomic E-state index is 9.98. The average Bonchev–Trinajstić information content (AvgIpc) is 1.79. The van der Waals surface area contributed by atoms with Crippen LogP contribution in [0.2, 0.25) is 0 Å². The Morgan fingerprint density at radius 3 is 0.733 bits per heavy atom. The summed E-state index contributed by atoms with van der Waals surface area (Å²) in [4.78, 5) is 39.9. The van der Waals surface area contributed by atoms with Crippen LogP contribution in [0.1, 0.15) is 27.7 Å². The van der Waals surface area contributed by atoms with E-state index in [4.69, 9.17) is 0 Å². The molecule has 0 radical (unpaired) electrons. The van der Waals surface area contributed by atoms with E-state index in [0.29, 0.717) is 0 Å². The second-order valence-corrected chi connectivity index (χ2v) is 2.73. The first-order chi connectivity index (χ1) is 6.25. The molecule has 86 valence electrons. The monoisotopic (exact) mass is 254 g/mol. The van der Waals surface area contributed by atoms with E-state index in [-0.39, 0.29) is 40.2 Å². The van der Waals surface area contributed by atoms with Crippen molar-refractivity contribution in [3.05, 3.63) is 12.8 Å². The maximum Gasteiger partial charge on any atom is 2.00 e. The van der Waals surface area contributed by atoms with Gasteiger partial charge in [0.2, 0.25) is 0 Å². The Kier molecular flexibility index (Phi) is 14.3. The molecule has 0 bridgehead atoms. The van der Waals surface area contributed by atoms with Crippen molar-refractivity contribution in [3.8, 4) is 0 Å². The molecule has 0 spiro atoms. The van der Waals surface area contributed by atoms with Gasteiger partial charge in [0.15, 0.2) is 0 Å². The Bertz CT molecular complexity index is 196. The Labute approximate surface area is 100 Å². The molecule has 0 aromatic heterocycles. The van der Waals surface area contributed by atoms with Crippen molar-refractivity contribution < 1.29 is 36.2 Å². The maximum atomic E-state index is 9.98. The smallest absolute Gasteiger partial charge is 0.334 e. The molecule has 0 aromatic carbocycles. The minimum atomic E-state index is -0.187. The van der Waals surface area contributed by atoms with Crippen LogP contribution in [0, 0.1) is 12.8 Å². The standard InChI is InChI=1S/2C5H7O2.Fe/c2*1-4(6)3-5(2)7;/h2*3H,1-2H3;/q2*-1;+2. The summed E-state index contributed by atoms with van der Waals surface area (Å²) in [5.41, 5.74) is 0. The van der Waals surface area contributed by atoms with E-state index >= 15 is 0 Å². The second kappa shape index (κ2) is 11.0. The van der Waals surface area contributed by atoms with Crippen LogP contribution in [0.15, 0.2) is 0 Å². The third kappa shape index (κ3) is 32.2. The van der Waals surface area contributed by atoms with Crippen molar-refractivity contribution in [2.24, 2.45) is 0 Å². The molecule has 4 nitrogen and oxygen atoms in total. The number of carbonyl (C=O) groups excluding carboxylic acids is 4. The fraction of sp³-hybridized carbons (Fsp3) is 0.400. The Morgan fingerprint density at radius 2 is 0.733 bits per heavy atom. The van der Waals surface area contributed by atoms with E-state index < -0.39 is 0 Å². The summed E-state index contributed by atoms with van der Waals surface area (Å²) in [6.07, 6.45) is 2.11. The SMILES string of the molecule is CC(=O)[CH-]C(C)=O.CC(=O)[CH-]C(C)=O.[Fe+2]. The molecule has 0 aromatic rings. The summed E-state index contributed by atoms with van der Waals surface area (Å²) >= 11 is 0. The third-order valence-electron chi connectivity index (χ3n) is 0.813. The Hall–Kier alpha value is -1.06. The number of ketones is 4. The molecule has 0 aliphatic heterocycles. The summed E-state index contributed by atoms with van der Waals surface area (Å²) in [7, 11) is 0. The van der Waals surface area contributed by atoms with Gasteiger partial charge in [-0.3, -0.25) is 12.8 Å². The van der Waals surface area contributed by atoms with Crippen LogP contribution < -0.4 is 0 Å². The van der Waals surface area contributed by atoms with E-state index in [1.165, 1.54) is 27.7 Å². The fourth-order valence-corrected chi connectivity index (χ4v) is 0.572. The molecule has 0 unspecified atom stereocenters. The summed E-state index contributed by atoms with van der Waals surface area (Å²) in [6.45, 7) is 5.39. The first-order valence-electron chi connectivity index (χ1n) is 3.97. The summed E-state index contributed by atoms with van der Waals surface area (Å²) < 4.78 is 0. The molecule has 0 aliphatic carbocycles. The van der Waals surface area contributed by atoms with Crippen LogP contribution in [0.5, 0.6) is 0 Å². The van der Waals surface area contributed by atoms with Crippen LogP contribution in [-0.4, -0.2) is 23.1 Å². The number of rotatable bonds is 4.